The van der Waals surface area contributed by atoms with E-state index in [4.69, 9.17) is 9.47 Å². The summed E-state index contributed by atoms with van der Waals surface area (Å²) in [5, 5.41) is 0. The van der Waals surface area contributed by atoms with Crippen molar-refractivity contribution in [1.82, 2.24) is 14.3 Å². The van der Waals surface area contributed by atoms with E-state index >= 15 is 0 Å². The van der Waals surface area contributed by atoms with Gasteiger partial charge in [-0.05, 0) is 19.1 Å². The van der Waals surface area contributed by atoms with Crippen molar-refractivity contribution >= 4 is 15.8 Å². The Morgan fingerprint density at radius 2 is 1.59 bits per heavy atom. The summed E-state index contributed by atoms with van der Waals surface area (Å²) in [6, 6.07) is 14.9. The second-order valence-corrected chi connectivity index (χ2v) is 9.44. The average molecular weight is 455 g/mol. The minimum atomic E-state index is -3.73. The fraction of sp³-hybridized carbons (Fsp3) is 0.304. The monoisotopic (exact) mass is 454 g/mol. The van der Waals surface area contributed by atoms with Crippen molar-refractivity contribution in [3.05, 3.63) is 60.4 Å². The summed E-state index contributed by atoms with van der Waals surface area (Å²) in [4.78, 5) is 11.0. The third-order valence-corrected chi connectivity index (χ3v) is 7.47. The van der Waals surface area contributed by atoms with Crippen molar-refractivity contribution in [2.24, 2.45) is 0 Å². The van der Waals surface area contributed by atoms with Crippen molar-refractivity contribution in [3.8, 4) is 22.8 Å². The molecule has 2 heterocycles. The van der Waals surface area contributed by atoms with Gasteiger partial charge in [0.1, 0.15) is 28.5 Å². The van der Waals surface area contributed by atoms with E-state index in [1.807, 2.05) is 37.3 Å². The first-order valence-electron chi connectivity index (χ1n) is 10.3. The van der Waals surface area contributed by atoms with E-state index in [1.165, 1.54) is 30.2 Å². The van der Waals surface area contributed by atoms with Crippen LogP contribution in [-0.4, -0.2) is 63.1 Å². The number of rotatable bonds is 6. The number of piperazine rings is 1. The maximum absolute atomic E-state index is 13.3. The fourth-order valence-corrected chi connectivity index (χ4v) is 5.28. The van der Waals surface area contributed by atoms with Crippen LogP contribution in [0.15, 0.2) is 59.8 Å². The molecule has 0 atom stereocenters. The topological polar surface area (TPSA) is 84.9 Å². The van der Waals surface area contributed by atoms with Gasteiger partial charge in [-0.3, -0.25) is 0 Å². The first kappa shape index (κ1) is 22.0. The molecule has 0 N–H and O–H groups in total. The third-order valence-electron chi connectivity index (χ3n) is 5.55. The highest BCUT2D eigenvalue weighted by molar-refractivity contribution is 7.89. The number of sulfonamides is 1. The Hall–Kier alpha value is -3.17. The zero-order valence-electron chi connectivity index (χ0n) is 18.4. The summed E-state index contributed by atoms with van der Waals surface area (Å²) in [5.41, 5.74) is 3.05. The first-order valence-corrected chi connectivity index (χ1v) is 11.7. The fourth-order valence-electron chi connectivity index (χ4n) is 3.68. The molecule has 1 aliphatic rings. The maximum atomic E-state index is 13.3. The van der Waals surface area contributed by atoms with Gasteiger partial charge in [-0.15, -0.1) is 0 Å². The number of ether oxygens (including phenoxy) is 2. The van der Waals surface area contributed by atoms with Gasteiger partial charge in [0.15, 0.2) is 0 Å². The van der Waals surface area contributed by atoms with Crippen LogP contribution in [0, 0.1) is 6.92 Å². The summed E-state index contributed by atoms with van der Waals surface area (Å²) in [5.74, 6) is 1.55. The van der Waals surface area contributed by atoms with Gasteiger partial charge in [0.2, 0.25) is 10.0 Å². The van der Waals surface area contributed by atoms with Crippen LogP contribution < -0.4 is 14.4 Å². The second-order valence-electron chi connectivity index (χ2n) is 7.54. The SMILES string of the molecule is COc1ccc(OC)c(S(=O)(=O)N2CCN(c3cc(-c4ccc(C)cc4)ncn3)CC2)c1. The van der Waals surface area contributed by atoms with Gasteiger partial charge in [0, 0.05) is 43.9 Å². The highest BCUT2D eigenvalue weighted by Gasteiger charge is 2.31. The molecule has 0 unspecified atom stereocenters. The summed E-state index contributed by atoms with van der Waals surface area (Å²) in [7, 11) is -0.768. The van der Waals surface area contributed by atoms with E-state index in [-0.39, 0.29) is 4.90 Å². The first-order chi connectivity index (χ1) is 15.4. The molecule has 0 amide bonds. The number of hydrogen-bond donors (Lipinski definition) is 0. The molecule has 1 aliphatic heterocycles. The van der Waals surface area contributed by atoms with Crippen LogP contribution in [0.5, 0.6) is 11.5 Å². The van der Waals surface area contributed by atoms with Crippen LogP contribution in [0.3, 0.4) is 0 Å². The van der Waals surface area contributed by atoms with Gasteiger partial charge >= 0.3 is 0 Å². The Balaban J connectivity index is 1.51. The smallest absolute Gasteiger partial charge is 0.247 e. The quantitative estimate of drug-likeness (QED) is 0.566. The molecule has 1 fully saturated rings. The summed E-state index contributed by atoms with van der Waals surface area (Å²) in [6.07, 6.45) is 1.55. The number of methoxy groups -OCH3 is 2. The highest BCUT2D eigenvalue weighted by atomic mass is 32.2. The van der Waals surface area contributed by atoms with Crippen LogP contribution in [0.25, 0.3) is 11.3 Å². The van der Waals surface area contributed by atoms with Crippen molar-refractivity contribution in [2.45, 2.75) is 11.8 Å². The zero-order chi connectivity index (χ0) is 22.7. The predicted octanol–water partition coefficient (Wildman–Crippen LogP) is 2.98. The minimum absolute atomic E-state index is 0.108. The summed E-state index contributed by atoms with van der Waals surface area (Å²) < 4.78 is 38.5. The van der Waals surface area contributed by atoms with E-state index in [9.17, 15) is 8.42 Å². The molecule has 0 saturated carbocycles. The number of nitrogens with zero attached hydrogens (tertiary/aromatic N) is 4. The van der Waals surface area contributed by atoms with E-state index < -0.39 is 10.0 Å². The number of aromatic nitrogens is 2. The maximum Gasteiger partial charge on any atom is 0.247 e. The van der Waals surface area contributed by atoms with Gasteiger partial charge in [-0.2, -0.15) is 4.31 Å². The van der Waals surface area contributed by atoms with Crippen LogP contribution >= 0.6 is 0 Å². The van der Waals surface area contributed by atoms with Crippen LogP contribution in [-0.2, 0) is 10.0 Å². The van der Waals surface area contributed by atoms with Crippen molar-refractivity contribution in [1.29, 1.82) is 0 Å². The zero-order valence-corrected chi connectivity index (χ0v) is 19.2. The number of aryl methyl sites for hydroxylation is 1. The van der Waals surface area contributed by atoms with Crippen LogP contribution in [0.4, 0.5) is 5.82 Å². The Kier molecular flexibility index (Phi) is 6.29. The molecule has 0 spiro atoms. The van der Waals surface area contributed by atoms with Gasteiger partial charge < -0.3 is 14.4 Å². The molecule has 9 heteroatoms. The Morgan fingerprint density at radius 1 is 0.875 bits per heavy atom. The van der Waals surface area contributed by atoms with Crippen molar-refractivity contribution in [2.75, 3.05) is 45.3 Å². The highest BCUT2D eigenvalue weighted by Crippen LogP contribution is 2.31. The lowest BCUT2D eigenvalue weighted by molar-refractivity contribution is 0.370. The second kappa shape index (κ2) is 9.13. The molecule has 0 radical (unpaired) electrons. The molecular weight excluding hydrogens is 428 g/mol. The molecule has 4 rings (SSSR count). The Labute approximate surface area is 188 Å². The van der Waals surface area contributed by atoms with Crippen LogP contribution in [0.1, 0.15) is 5.56 Å². The Bertz CT molecular complexity index is 1190. The molecule has 1 aromatic heterocycles. The predicted molar refractivity (Wildman–Crippen MR) is 123 cm³/mol. The number of anilines is 1. The number of benzene rings is 2. The lowest BCUT2D eigenvalue weighted by Crippen LogP contribution is -2.49. The van der Waals surface area contributed by atoms with E-state index in [0.29, 0.717) is 37.7 Å². The average Bonchev–Trinajstić information content (AvgIpc) is 2.84. The van der Waals surface area contributed by atoms with Gasteiger partial charge in [0.25, 0.3) is 0 Å². The molecule has 32 heavy (non-hydrogen) atoms. The van der Waals surface area contributed by atoms with E-state index in [2.05, 4.69) is 14.9 Å². The van der Waals surface area contributed by atoms with E-state index in [1.54, 1.807) is 18.5 Å². The molecular formula is C23H26N4O4S. The number of hydrogen-bond acceptors (Lipinski definition) is 7. The van der Waals surface area contributed by atoms with Gasteiger partial charge in [-0.25, -0.2) is 18.4 Å². The minimum Gasteiger partial charge on any atom is -0.497 e. The lowest BCUT2D eigenvalue weighted by atomic mass is 10.1. The summed E-state index contributed by atoms with van der Waals surface area (Å²) in [6.45, 7) is 3.77. The van der Waals surface area contributed by atoms with Crippen LogP contribution in [0.2, 0.25) is 0 Å². The Morgan fingerprint density at radius 3 is 2.25 bits per heavy atom. The standard InChI is InChI=1S/C23H26N4O4S/c1-17-4-6-18(7-5-17)20-15-23(25-16-24-20)26-10-12-27(13-11-26)32(28,29)22-14-19(30-2)8-9-21(22)31-3/h4-9,14-16H,10-13H2,1-3H3. The van der Waals surface area contributed by atoms with Gasteiger partial charge in [-0.1, -0.05) is 29.8 Å². The van der Waals surface area contributed by atoms with Crippen molar-refractivity contribution in [3.63, 3.8) is 0 Å². The molecule has 168 valence electrons. The summed E-state index contributed by atoms with van der Waals surface area (Å²) >= 11 is 0. The molecule has 0 aliphatic carbocycles. The van der Waals surface area contributed by atoms with Crippen molar-refractivity contribution < 1.29 is 17.9 Å². The van der Waals surface area contributed by atoms with E-state index in [0.717, 1.165) is 17.1 Å². The van der Waals surface area contributed by atoms with Gasteiger partial charge in [0.05, 0.1) is 19.9 Å². The molecule has 3 aromatic rings. The molecule has 0 bridgehead atoms. The molecule has 1 saturated heterocycles. The molecule has 2 aromatic carbocycles. The third kappa shape index (κ3) is 4.39. The molecule has 8 nitrogen and oxygen atoms in total. The lowest BCUT2D eigenvalue weighted by Gasteiger charge is -2.34. The normalized spacial score (nSPS) is 14.9. The largest absolute Gasteiger partial charge is 0.497 e.